The van der Waals surface area contributed by atoms with Crippen LogP contribution in [0.15, 0.2) is 22.7 Å². The number of hydrogen-bond donors (Lipinski definition) is 1. The Bertz CT molecular complexity index is 583. The van der Waals surface area contributed by atoms with E-state index in [1.165, 1.54) is 0 Å². The fourth-order valence-corrected chi connectivity index (χ4v) is 2.24. The Morgan fingerprint density at radius 2 is 1.95 bits per heavy atom. The third kappa shape index (κ3) is 3.08. The summed E-state index contributed by atoms with van der Waals surface area (Å²) in [6.07, 6.45) is 0.0998. The van der Waals surface area contributed by atoms with Gasteiger partial charge in [-0.2, -0.15) is 0 Å². The molecule has 2 rings (SSSR count). The van der Waals surface area contributed by atoms with Gasteiger partial charge in [-0.3, -0.25) is 4.79 Å². The lowest BCUT2D eigenvalue weighted by molar-refractivity contribution is -0.115. The van der Waals surface area contributed by atoms with Gasteiger partial charge in [0.05, 0.1) is 6.42 Å². The van der Waals surface area contributed by atoms with Gasteiger partial charge in [-0.15, -0.1) is 0 Å². The van der Waals surface area contributed by atoms with E-state index in [2.05, 4.69) is 10.5 Å². The maximum Gasteiger partial charge on any atom is 0.229 e. The third-order valence-corrected chi connectivity index (χ3v) is 3.41. The van der Waals surface area contributed by atoms with Crippen molar-refractivity contribution in [2.75, 3.05) is 5.32 Å². The van der Waals surface area contributed by atoms with Gasteiger partial charge >= 0.3 is 0 Å². The van der Waals surface area contributed by atoms with Crippen LogP contribution >= 0.6 is 23.2 Å². The molecule has 0 fully saturated rings. The second-order valence-electron chi connectivity index (χ2n) is 4.12. The Kier molecular flexibility index (Phi) is 4.12. The molecule has 0 spiro atoms. The Balaban J connectivity index is 2.14. The molecular formula is C13H12Cl2N2O2. The average Bonchev–Trinajstić information content (AvgIpc) is 2.66. The number of anilines is 1. The Labute approximate surface area is 120 Å². The van der Waals surface area contributed by atoms with Crippen LogP contribution in [0.2, 0.25) is 10.0 Å². The molecule has 1 aromatic carbocycles. The Morgan fingerprint density at radius 3 is 2.47 bits per heavy atom. The standard InChI is InChI=1S/C13H12Cl2N2O2/c1-7-13(8(2)19-17-7)16-12(18)6-9-10(14)4-3-5-11(9)15/h3-5H,6H2,1-2H3,(H,16,18). The molecule has 1 heterocycles. The lowest BCUT2D eigenvalue weighted by atomic mass is 10.1. The highest BCUT2D eigenvalue weighted by Gasteiger charge is 2.15. The zero-order valence-corrected chi connectivity index (χ0v) is 12.0. The van der Waals surface area contributed by atoms with E-state index < -0.39 is 0 Å². The lowest BCUT2D eigenvalue weighted by Gasteiger charge is -2.07. The molecule has 1 amide bonds. The van der Waals surface area contributed by atoms with Crippen LogP contribution in [0.1, 0.15) is 17.0 Å². The van der Waals surface area contributed by atoms with E-state index in [4.69, 9.17) is 27.7 Å². The quantitative estimate of drug-likeness (QED) is 0.938. The van der Waals surface area contributed by atoms with Gasteiger partial charge in [-0.1, -0.05) is 34.4 Å². The second kappa shape index (κ2) is 5.63. The van der Waals surface area contributed by atoms with E-state index >= 15 is 0 Å². The smallest absolute Gasteiger partial charge is 0.229 e. The number of amides is 1. The van der Waals surface area contributed by atoms with Crippen molar-refractivity contribution in [2.45, 2.75) is 20.3 Å². The molecule has 4 nitrogen and oxygen atoms in total. The number of hydrogen-bond acceptors (Lipinski definition) is 3. The van der Waals surface area contributed by atoms with Gasteiger partial charge in [-0.25, -0.2) is 0 Å². The molecule has 0 bridgehead atoms. The van der Waals surface area contributed by atoms with Gasteiger partial charge in [0.15, 0.2) is 5.76 Å². The lowest BCUT2D eigenvalue weighted by Crippen LogP contribution is -2.15. The number of nitrogens with one attached hydrogen (secondary N) is 1. The molecule has 0 radical (unpaired) electrons. The summed E-state index contributed by atoms with van der Waals surface area (Å²) in [6, 6.07) is 5.14. The van der Waals surface area contributed by atoms with Crippen LogP contribution in [0.25, 0.3) is 0 Å². The van der Waals surface area contributed by atoms with Crippen LogP contribution in [0.5, 0.6) is 0 Å². The number of carbonyl (C=O) groups is 1. The summed E-state index contributed by atoms with van der Waals surface area (Å²) in [5.41, 5.74) is 1.83. The highest BCUT2D eigenvalue weighted by molar-refractivity contribution is 6.36. The average molecular weight is 299 g/mol. The summed E-state index contributed by atoms with van der Waals surface area (Å²) >= 11 is 12.0. The van der Waals surface area contributed by atoms with E-state index in [-0.39, 0.29) is 12.3 Å². The Morgan fingerprint density at radius 1 is 1.32 bits per heavy atom. The maximum absolute atomic E-state index is 12.0. The summed E-state index contributed by atoms with van der Waals surface area (Å²) in [5, 5.41) is 7.47. The number of rotatable bonds is 3. The predicted molar refractivity (Wildman–Crippen MR) is 74.8 cm³/mol. The molecule has 0 unspecified atom stereocenters. The maximum atomic E-state index is 12.0. The minimum Gasteiger partial charge on any atom is -0.359 e. The normalized spacial score (nSPS) is 10.5. The summed E-state index contributed by atoms with van der Waals surface area (Å²) in [5.74, 6) is 0.348. The minimum atomic E-state index is -0.218. The summed E-state index contributed by atoms with van der Waals surface area (Å²) in [7, 11) is 0. The van der Waals surface area contributed by atoms with Crippen molar-refractivity contribution < 1.29 is 9.32 Å². The van der Waals surface area contributed by atoms with Crippen molar-refractivity contribution in [3.8, 4) is 0 Å². The monoisotopic (exact) mass is 298 g/mol. The molecule has 1 aromatic heterocycles. The van der Waals surface area contributed by atoms with Gasteiger partial charge in [0.1, 0.15) is 11.4 Å². The molecule has 0 saturated carbocycles. The SMILES string of the molecule is Cc1noc(C)c1NC(=O)Cc1c(Cl)cccc1Cl. The molecular weight excluding hydrogens is 287 g/mol. The first-order valence-corrected chi connectivity index (χ1v) is 6.40. The molecule has 6 heteroatoms. The number of aryl methyl sites for hydroxylation is 2. The summed E-state index contributed by atoms with van der Waals surface area (Å²) < 4.78 is 4.98. The molecule has 19 heavy (non-hydrogen) atoms. The number of benzene rings is 1. The molecule has 0 aliphatic rings. The second-order valence-corrected chi connectivity index (χ2v) is 4.94. The topological polar surface area (TPSA) is 55.1 Å². The first kappa shape index (κ1) is 13.9. The third-order valence-electron chi connectivity index (χ3n) is 2.70. The number of halogens is 2. The zero-order valence-electron chi connectivity index (χ0n) is 10.5. The molecule has 0 aliphatic carbocycles. The van der Waals surface area contributed by atoms with E-state index in [1.807, 2.05) is 0 Å². The van der Waals surface area contributed by atoms with Crippen molar-refractivity contribution in [3.05, 3.63) is 45.3 Å². The molecule has 2 aromatic rings. The van der Waals surface area contributed by atoms with Gasteiger partial charge in [0.2, 0.25) is 5.91 Å². The van der Waals surface area contributed by atoms with Crippen LogP contribution in [0.4, 0.5) is 5.69 Å². The highest BCUT2D eigenvalue weighted by atomic mass is 35.5. The fourth-order valence-electron chi connectivity index (χ4n) is 1.71. The van der Waals surface area contributed by atoms with E-state index in [0.29, 0.717) is 32.8 Å². The van der Waals surface area contributed by atoms with Crippen molar-refractivity contribution in [1.82, 2.24) is 5.16 Å². The zero-order chi connectivity index (χ0) is 14.0. The Hall–Kier alpha value is -1.52. The fraction of sp³-hybridized carbons (Fsp3) is 0.231. The first-order chi connectivity index (χ1) is 8.99. The first-order valence-electron chi connectivity index (χ1n) is 5.64. The van der Waals surface area contributed by atoms with Crippen LogP contribution in [0.3, 0.4) is 0 Å². The van der Waals surface area contributed by atoms with Gasteiger partial charge in [-0.05, 0) is 31.5 Å². The highest BCUT2D eigenvalue weighted by Crippen LogP contribution is 2.25. The number of carbonyl (C=O) groups excluding carboxylic acids is 1. The van der Waals surface area contributed by atoms with E-state index in [0.717, 1.165) is 0 Å². The van der Waals surface area contributed by atoms with Crippen molar-refractivity contribution in [3.63, 3.8) is 0 Å². The molecule has 0 aliphatic heterocycles. The van der Waals surface area contributed by atoms with Crippen molar-refractivity contribution in [1.29, 1.82) is 0 Å². The van der Waals surface area contributed by atoms with E-state index in [1.54, 1.807) is 32.0 Å². The van der Waals surface area contributed by atoms with Gasteiger partial charge < -0.3 is 9.84 Å². The van der Waals surface area contributed by atoms with E-state index in [9.17, 15) is 4.79 Å². The molecule has 100 valence electrons. The van der Waals surface area contributed by atoms with Crippen LogP contribution < -0.4 is 5.32 Å². The van der Waals surface area contributed by atoms with Gasteiger partial charge in [0.25, 0.3) is 0 Å². The van der Waals surface area contributed by atoms with Crippen LogP contribution in [0, 0.1) is 13.8 Å². The molecule has 0 atom stereocenters. The summed E-state index contributed by atoms with van der Waals surface area (Å²) in [6.45, 7) is 3.49. The number of nitrogens with zero attached hydrogens (tertiary/aromatic N) is 1. The largest absolute Gasteiger partial charge is 0.359 e. The van der Waals surface area contributed by atoms with Crippen LogP contribution in [-0.4, -0.2) is 11.1 Å². The predicted octanol–water partition coefficient (Wildman–Crippen LogP) is 3.78. The molecule has 0 saturated heterocycles. The van der Waals surface area contributed by atoms with Crippen molar-refractivity contribution in [2.24, 2.45) is 0 Å². The number of aromatic nitrogens is 1. The van der Waals surface area contributed by atoms with Gasteiger partial charge in [0, 0.05) is 10.0 Å². The summed E-state index contributed by atoms with van der Waals surface area (Å²) in [4.78, 5) is 12.0. The minimum absolute atomic E-state index is 0.0998. The molecule has 1 N–H and O–H groups in total. The van der Waals surface area contributed by atoms with Crippen LogP contribution in [-0.2, 0) is 11.2 Å². The van der Waals surface area contributed by atoms with Crippen molar-refractivity contribution >= 4 is 34.8 Å².